The highest BCUT2D eigenvalue weighted by atomic mass is 19.1. The minimum Gasteiger partial charge on any atom is -0.480 e. The van der Waals surface area contributed by atoms with Gasteiger partial charge in [0, 0.05) is 32.2 Å². The van der Waals surface area contributed by atoms with E-state index >= 15 is 0 Å². The van der Waals surface area contributed by atoms with E-state index in [-0.39, 0.29) is 11.7 Å². The van der Waals surface area contributed by atoms with Crippen LogP contribution in [0.5, 0.6) is 5.88 Å². The van der Waals surface area contributed by atoms with Crippen LogP contribution in [0.4, 0.5) is 10.2 Å². The van der Waals surface area contributed by atoms with Crippen molar-refractivity contribution in [2.24, 2.45) is 0 Å². The van der Waals surface area contributed by atoms with Crippen LogP contribution in [-0.2, 0) is 11.2 Å². The highest BCUT2D eigenvalue weighted by molar-refractivity contribution is 5.79. The molecule has 24 heavy (non-hydrogen) atoms. The summed E-state index contributed by atoms with van der Waals surface area (Å²) in [7, 11) is 1.55. The first-order chi connectivity index (χ1) is 11.7. The highest BCUT2D eigenvalue weighted by Crippen LogP contribution is 2.15. The molecule has 0 radical (unpaired) electrons. The van der Waals surface area contributed by atoms with Gasteiger partial charge in [-0.3, -0.25) is 4.79 Å². The van der Waals surface area contributed by atoms with Crippen LogP contribution in [0.15, 0.2) is 36.4 Å². The topological polar surface area (TPSA) is 58.6 Å². The van der Waals surface area contributed by atoms with Crippen LogP contribution in [0.2, 0.25) is 0 Å². The molecule has 0 spiro atoms. The molecule has 1 aromatic heterocycles. The maximum atomic E-state index is 12.9. The number of amides is 1. The molecule has 0 bridgehead atoms. The van der Waals surface area contributed by atoms with E-state index < -0.39 is 0 Å². The zero-order valence-corrected chi connectivity index (χ0v) is 13.5. The minimum atomic E-state index is -0.291. The average Bonchev–Trinajstić information content (AvgIpc) is 2.64. The van der Waals surface area contributed by atoms with Crippen LogP contribution in [-0.4, -0.2) is 54.3 Å². The molecule has 2 aromatic rings. The molecule has 0 atom stereocenters. The quantitative estimate of drug-likeness (QED) is 0.851. The summed E-state index contributed by atoms with van der Waals surface area (Å²) in [6.07, 6.45) is 0.294. The van der Waals surface area contributed by atoms with E-state index in [1.54, 1.807) is 25.3 Å². The fraction of sp³-hybridized carbons (Fsp3) is 0.353. The first-order valence-electron chi connectivity index (χ1n) is 7.80. The van der Waals surface area contributed by atoms with Gasteiger partial charge in [0.1, 0.15) is 5.82 Å². The summed E-state index contributed by atoms with van der Waals surface area (Å²) < 4.78 is 17.9. The second-order valence-electron chi connectivity index (χ2n) is 5.60. The third kappa shape index (κ3) is 3.79. The fourth-order valence-corrected chi connectivity index (χ4v) is 2.66. The first kappa shape index (κ1) is 16.2. The molecule has 1 amide bonds. The summed E-state index contributed by atoms with van der Waals surface area (Å²) in [6, 6.07) is 9.69. The van der Waals surface area contributed by atoms with Gasteiger partial charge in [0.25, 0.3) is 0 Å². The molecule has 126 valence electrons. The number of halogens is 1. The number of methoxy groups -OCH3 is 1. The molecule has 0 saturated carbocycles. The molecular weight excluding hydrogens is 311 g/mol. The van der Waals surface area contributed by atoms with Gasteiger partial charge in [-0.2, -0.15) is 0 Å². The Kier molecular flexibility index (Phi) is 4.88. The monoisotopic (exact) mass is 330 g/mol. The van der Waals surface area contributed by atoms with E-state index in [9.17, 15) is 9.18 Å². The van der Waals surface area contributed by atoms with E-state index in [0.29, 0.717) is 38.5 Å². The van der Waals surface area contributed by atoms with Crippen molar-refractivity contribution in [2.75, 3.05) is 38.2 Å². The summed E-state index contributed by atoms with van der Waals surface area (Å²) in [4.78, 5) is 16.3. The van der Waals surface area contributed by atoms with Gasteiger partial charge >= 0.3 is 0 Å². The van der Waals surface area contributed by atoms with Gasteiger partial charge in [0.05, 0.1) is 13.5 Å². The second-order valence-corrected chi connectivity index (χ2v) is 5.60. The lowest BCUT2D eigenvalue weighted by Gasteiger charge is -2.35. The molecule has 1 fully saturated rings. The number of carbonyl (C=O) groups excluding carboxylic acids is 1. The SMILES string of the molecule is COc1ccc(N2CCN(C(=O)Cc3ccc(F)cc3)CC2)nn1. The Balaban J connectivity index is 1.54. The van der Waals surface area contributed by atoms with E-state index in [1.165, 1.54) is 12.1 Å². The summed E-state index contributed by atoms with van der Waals surface area (Å²) >= 11 is 0. The molecule has 6 nitrogen and oxygen atoms in total. The van der Waals surface area contributed by atoms with Crippen LogP contribution in [0, 0.1) is 5.82 Å². The molecular formula is C17H19FN4O2. The zero-order chi connectivity index (χ0) is 16.9. The lowest BCUT2D eigenvalue weighted by atomic mass is 10.1. The third-order valence-electron chi connectivity index (χ3n) is 4.06. The predicted octanol–water partition coefficient (Wildman–Crippen LogP) is 1.52. The van der Waals surface area contributed by atoms with E-state index in [2.05, 4.69) is 15.1 Å². The van der Waals surface area contributed by atoms with E-state index in [4.69, 9.17) is 4.74 Å². The number of hydrogen-bond acceptors (Lipinski definition) is 5. The lowest BCUT2D eigenvalue weighted by molar-refractivity contribution is -0.130. The minimum absolute atomic E-state index is 0.0575. The number of piperazine rings is 1. The third-order valence-corrected chi connectivity index (χ3v) is 4.06. The van der Waals surface area contributed by atoms with Crippen LogP contribution in [0.25, 0.3) is 0 Å². The fourth-order valence-electron chi connectivity index (χ4n) is 2.66. The number of ether oxygens (including phenoxy) is 1. The van der Waals surface area contributed by atoms with Crippen LogP contribution in [0.1, 0.15) is 5.56 Å². The smallest absolute Gasteiger partial charge is 0.233 e. The van der Waals surface area contributed by atoms with Crippen LogP contribution < -0.4 is 9.64 Å². The van der Waals surface area contributed by atoms with Crippen molar-refractivity contribution in [3.63, 3.8) is 0 Å². The Morgan fingerprint density at radius 2 is 1.79 bits per heavy atom. The van der Waals surface area contributed by atoms with Crippen molar-refractivity contribution in [1.29, 1.82) is 0 Å². The van der Waals surface area contributed by atoms with E-state index in [0.717, 1.165) is 11.4 Å². The van der Waals surface area contributed by atoms with Crippen molar-refractivity contribution < 1.29 is 13.9 Å². The Hall–Kier alpha value is -2.70. The molecule has 0 aliphatic carbocycles. The van der Waals surface area contributed by atoms with Crippen LogP contribution >= 0.6 is 0 Å². The van der Waals surface area contributed by atoms with Gasteiger partial charge in [-0.05, 0) is 23.8 Å². The molecule has 1 aliphatic rings. The number of nitrogens with zero attached hydrogens (tertiary/aromatic N) is 4. The molecule has 0 unspecified atom stereocenters. The van der Waals surface area contributed by atoms with Crippen LogP contribution in [0.3, 0.4) is 0 Å². The Morgan fingerprint density at radius 1 is 1.08 bits per heavy atom. The largest absolute Gasteiger partial charge is 0.480 e. The molecule has 0 N–H and O–H groups in total. The zero-order valence-electron chi connectivity index (χ0n) is 13.5. The summed E-state index contributed by atoms with van der Waals surface area (Å²) in [5, 5.41) is 8.10. The Labute approximate surface area is 139 Å². The highest BCUT2D eigenvalue weighted by Gasteiger charge is 2.22. The molecule has 2 heterocycles. The average molecular weight is 330 g/mol. The van der Waals surface area contributed by atoms with Gasteiger partial charge in [0.2, 0.25) is 11.8 Å². The van der Waals surface area contributed by atoms with Crippen molar-refractivity contribution in [3.8, 4) is 5.88 Å². The molecule has 3 rings (SSSR count). The number of rotatable bonds is 4. The first-order valence-corrected chi connectivity index (χ1v) is 7.80. The van der Waals surface area contributed by atoms with Crippen molar-refractivity contribution in [3.05, 3.63) is 47.8 Å². The van der Waals surface area contributed by atoms with Gasteiger partial charge in [-0.25, -0.2) is 4.39 Å². The number of carbonyl (C=O) groups is 1. The van der Waals surface area contributed by atoms with Gasteiger partial charge in [0.15, 0.2) is 5.82 Å². The lowest BCUT2D eigenvalue weighted by Crippen LogP contribution is -2.49. The standard InChI is InChI=1S/C17H19FN4O2/c1-24-16-7-6-15(19-20-16)21-8-10-22(11-9-21)17(23)12-13-2-4-14(18)5-3-13/h2-7H,8-12H2,1H3. The van der Waals surface area contributed by atoms with Crippen molar-refractivity contribution in [1.82, 2.24) is 15.1 Å². The molecule has 7 heteroatoms. The Bertz CT molecular complexity index is 683. The second kappa shape index (κ2) is 7.25. The molecule has 1 aromatic carbocycles. The predicted molar refractivity (Wildman–Crippen MR) is 87.5 cm³/mol. The number of aromatic nitrogens is 2. The van der Waals surface area contributed by atoms with Crippen molar-refractivity contribution in [2.45, 2.75) is 6.42 Å². The number of hydrogen-bond donors (Lipinski definition) is 0. The van der Waals surface area contributed by atoms with E-state index in [1.807, 2.05) is 11.0 Å². The summed E-state index contributed by atoms with van der Waals surface area (Å²) in [5.74, 6) is 1.02. The Morgan fingerprint density at radius 3 is 2.38 bits per heavy atom. The summed E-state index contributed by atoms with van der Waals surface area (Å²) in [6.45, 7) is 2.67. The van der Waals surface area contributed by atoms with Gasteiger partial charge in [-0.1, -0.05) is 12.1 Å². The summed E-state index contributed by atoms with van der Waals surface area (Å²) in [5.41, 5.74) is 0.824. The molecule has 1 aliphatic heterocycles. The maximum Gasteiger partial charge on any atom is 0.233 e. The normalized spacial score (nSPS) is 14.6. The number of benzene rings is 1. The van der Waals surface area contributed by atoms with Gasteiger partial charge in [-0.15, -0.1) is 10.2 Å². The maximum absolute atomic E-state index is 12.9. The number of anilines is 1. The van der Waals surface area contributed by atoms with Gasteiger partial charge < -0.3 is 14.5 Å². The molecule has 1 saturated heterocycles. The van der Waals surface area contributed by atoms with Crippen molar-refractivity contribution >= 4 is 11.7 Å².